The molecule has 50 heavy (non-hydrogen) atoms. The summed E-state index contributed by atoms with van der Waals surface area (Å²) in [6, 6.07) is 62.3. The summed E-state index contributed by atoms with van der Waals surface area (Å²) in [5, 5.41) is 26.6. The Morgan fingerprint density at radius 2 is 1.14 bits per heavy atom. The SMILES string of the molecule is [C-]#[N+]c1cc(-c2cc(-n3c4ccccc4c4cc(C#N)ccc43)ccc2C#N)ccc1[Si](c1ccccc1)(c1ccccc1)c1ccccc1. The van der Waals surface area contributed by atoms with E-state index >= 15 is 0 Å². The zero-order valence-corrected chi connectivity index (χ0v) is 28.0. The highest BCUT2D eigenvalue weighted by molar-refractivity contribution is 7.20. The number of nitrogens with zero attached hydrogens (tertiary/aromatic N) is 4. The summed E-state index contributed by atoms with van der Waals surface area (Å²) < 4.78 is 2.18. The summed E-state index contributed by atoms with van der Waals surface area (Å²) in [6.45, 7) is 8.53. The second-order valence-electron chi connectivity index (χ2n) is 12.2. The van der Waals surface area contributed by atoms with Gasteiger partial charge in [-0.1, -0.05) is 121 Å². The molecule has 0 amide bonds. The Morgan fingerprint density at radius 3 is 1.74 bits per heavy atom. The number of hydrogen-bond acceptors (Lipinski definition) is 2. The lowest BCUT2D eigenvalue weighted by Crippen LogP contribution is -2.74. The Labute approximate surface area is 291 Å². The molecule has 1 aromatic heterocycles. The molecule has 0 bridgehead atoms. The molecule has 8 rings (SSSR count). The van der Waals surface area contributed by atoms with Gasteiger partial charge in [-0.25, -0.2) is 4.85 Å². The monoisotopic (exact) mass is 652 g/mol. The first kappa shape index (κ1) is 30.4. The number of fused-ring (bicyclic) bond motifs is 3. The van der Waals surface area contributed by atoms with Crippen molar-refractivity contribution in [1.29, 1.82) is 10.5 Å². The van der Waals surface area contributed by atoms with Crippen LogP contribution in [0.25, 0.3) is 43.5 Å². The predicted molar refractivity (Wildman–Crippen MR) is 206 cm³/mol. The van der Waals surface area contributed by atoms with E-state index in [4.69, 9.17) is 6.57 Å². The number of rotatable bonds is 6. The molecule has 7 aromatic carbocycles. The van der Waals surface area contributed by atoms with E-state index in [0.29, 0.717) is 16.8 Å². The van der Waals surface area contributed by atoms with Gasteiger partial charge < -0.3 is 4.57 Å². The largest absolute Gasteiger partial charge is 0.309 e. The van der Waals surface area contributed by atoms with Crippen molar-refractivity contribution in [2.24, 2.45) is 0 Å². The summed E-state index contributed by atoms with van der Waals surface area (Å²) in [7, 11) is -2.94. The van der Waals surface area contributed by atoms with Gasteiger partial charge in [-0.15, -0.1) is 0 Å². The fourth-order valence-electron chi connectivity index (χ4n) is 7.47. The molecule has 0 aliphatic carbocycles. The molecule has 0 unspecified atom stereocenters. The second kappa shape index (κ2) is 12.6. The number of benzene rings is 7. The molecule has 0 fully saturated rings. The molecule has 8 aromatic rings. The summed E-state index contributed by atoms with van der Waals surface area (Å²) in [4.78, 5) is 4.20. The second-order valence-corrected chi connectivity index (χ2v) is 16.0. The number of para-hydroxylation sites is 1. The van der Waals surface area contributed by atoms with Crippen LogP contribution in [-0.4, -0.2) is 12.6 Å². The maximum atomic E-state index is 10.3. The Bertz CT molecular complexity index is 2580. The van der Waals surface area contributed by atoms with Crippen molar-refractivity contribution in [1.82, 2.24) is 4.57 Å². The molecule has 232 valence electrons. The Hall–Kier alpha value is -6.97. The predicted octanol–water partition coefficient (Wildman–Crippen LogP) is 8.12. The van der Waals surface area contributed by atoms with Crippen molar-refractivity contribution in [2.45, 2.75) is 0 Å². The number of aromatic nitrogens is 1. The summed E-state index contributed by atoms with van der Waals surface area (Å²) in [5.74, 6) is 0. The molecule has 0 saturated heterocycles. The first-order valence-corrected chi connectivity index (χ1v) is 18.3. The van der Waals surface area contributed by atoms with Crippen molar-refractivity contribution < 1.29 is 0 Å². The topological polar surface area (TPSA) is 56.9 Å². The highest BCUT2D eigenvalue weighted by Crippen LogP contribution is 2.35. The number of hydrogen-bond donors (Lipinski definition) is 0. The minimum atomic E-state index is -2.94. The third-order valence-electron chi connectivity index (χ3n) is 9.64. The van der Waals surface area contributed by atoms with Crippen LogP contribution in [0.2, 0.25) is 0 Å². The molecule has 4 nitrogen and oxygen atoms in total. The summed E-state index contributed by atoms with van der Waals surface area (Å²) in [5.41, 5.74) is 6.15. The van der Waals surface area contributed by atoms with Gasteiger partial charge in [-0.2, -0.15) is 10.5 Å². The first-order valence-electron chi connectivity index (χ1n) is 16.3. The molecule has 1 heterocycles. The van der Waals surface area contributed by atoms with Crippen LogP contribution in [0.4, 0.5) is 5.69 Å². The van der Waals surface area contributed by atoms with Gasteiger partial charge in [0.15, 0.2) is 13.8 Å². The smallest absolute Gasteiger partial charge is 0.188 e. The van der Waals surface area contributed by atoms with E-state index in [1.165, 1.54) is 15.6 Å². The van der Waals surface area contributed by atoms with E-state index in [1.54, 1.807) is 0 Å². The van der Waals surface area contributed by atoms with Crippen molar-refractivity contribution in [3.63, 3.8) is 0 Å². The Morgan fingerprint density at radius 1 is 0.540 bits per heavy atom. The Kier molecular flexibility index (Phi) is 7.63. The van der Waals surface area contributed by atoms with Gasteiger partial charge >= 0.3 is 0 Å². The molecular formula is C45H28N4Si. The van der Waals surface area contributed by atoms with Crippen molar-refractivity contribution in [3.05, 3.63) is 192 Å². The quantitative estimate of drug-likeness (QED) is 0.104. The van der Waals surface area contributed by atoms with Crippen molar-refractivity contribution in [2.75, 3.05) is 0 Å². The average molecular weight is 653 g/mol. The third-order valence-corrected chi connectivity index (χ3v) is 14.5. The molecule has 5 heteroatoms. The summed E-state index contributed by atoms with van der Waals surface area (Å²) >= 11 is 0. The van der Waals surface area contributed by atoms with E-state index in [2.05, 4.69) is 119 Å². The van der Waals surface area contributed by atoms with Crippen LogP contribution >= 0.6 is 0 Å². The van der Waals surface area contributed by atoms with Crippen LogP contribution in [0, 0.1) is 29.2 Å². The first-order chi connectivity index (χ1) is 24.7. The lowest BCUT2D eigenvalue weighted by Gasteiger charge is -2.35. The van der Waals surface area contributed by atoms with Crippen LogP contribution in [-0.2, 0) is 0 Å². The molecule has 0 spiro atoms. The summed E-state index contributed by atoms with van der Waals surface area (Å²) in [6.07, 6.45) is 0. The van der Waals surface area contributed by atoms with Crippen LogP contribution in [0.15, 0.2) is 170 Å². The molecule has 0 N–H and O–H groups in total. The van der Waals surface area contributed by atoms with E-state index in [-0.39, 0.29) is 0 Å². The van der Waals surface area contributed by atoms with E-state index in [0.717, 1.165) is 43.8 Å². The Balaban J connectivity index is 1.37. The zero-order valence-electron chi connectivity index (χ0n) is 27.0. The third kappa shape index (κ3) is 4.80. The van der Waals surface area contributed by atoms with E-state index in [9.17, 15) is 10.5 Å². The van der Waals surface area contributed by atoms with Gasteiger partial charge in [0, 0.05) is 22.0 Å². The van der Waals surface area contributed by atoms with Gasteiger partial charge in [-0.3, -0.25) is 0 Å². The highest BCUT2D eigenvalue weighted by atomic mass is 28.3. The molecule has 0 radical (unpaired) electrons. The maximum absolute atomic E-state index is 10.3. The van der Waals surface area contributed by atoms with Crippen molar-refractivity contribution in [3.8, 4) is 29.0 Å². The fraction of sp³-hybridized carbons (Fsp3) is 0. The van der Waals surface area contributed by atoms with Crippen LogP contribution in [0.1, 0.15) is 11.1 Å². The molecule has 0 atom stereocenters. The van der Waals surface area contributed by atoms with Crippen molar-refractivity contribution >= 4 is 56.3 Å². The lowest BCUT2D eigenvalue weighted by molar-refractivity contribution is 1.18. The average Bonchev–Trinajstić information content (AvgIpc) is 3.53. The van der Waals surface area contributed by atoms with Gasteiger partial charge in [-0.05, 0) is 74.8 Å². The highest BCUT2D eigenvalue weighted by Gasteiger charge is 2.42. The number of nitriles is 2. The van der Waals surface area contributed by atoms with Gasteiger partial charge in [0.25, 0.3) is 0 Å². The zero-order chi connectivity index (χ0) is 34.1. The van der Waals surface area contributed by atoms with Crippen LogP contribution < -0.4 is 20.7 Å². The normalized spacial score (nSPS) is 11.1. The maximum Gasteiger partial charge on any atom is 0.188 e. The molecular weight excluding hydrogens is 625 g/mol. The van der Waals surface area contributed by atoms with Crippen LogP contribution in [0.5, 0.6) is 0 Å². The van der Waals surface area contributed by atoms with E-state index in [1.807, 2.05) is 72.8 Å². The van der Waals surface area contributed by atoms with Gasteiger partial charge in [0.2, 0.25) is 0 Å². The van der Waals surface area contributed by atoms with Crippen LogP contribution in [0.3, 0.4) is 0 Å². The van der Waals surface area contributed by atoms with E-state index < -0.39 is 8.07 Å². The minimum absolute atomic E-state index is 0.530. The molecule has 0 aliphatic heterocycles. The fourth-order valence-corrected chi connectivity index (χ4v) is 12.3. The lowest BCUT2D eigenvalue weighted by atomic mass is 9.99. The molecule has 0 saturated carbocycles. The van der Waals surface area contributed by atoms with Gasteiger partial charge in [0.1, 0.15) is 0 Å². The minimum Gasteiger partial charge on any atom is -0.309 e. The molecule has 0 aliphatic rings. The standard InChI is InChI=1S/C45H28N4Si/c1-48-42-28-33(23-26-45(42)50(36-13-5-2-6-14-36,37-15-7-3-8-16-37)38-17-9-4-10-18-38)40-29-35(24-22-34(40)31-47)49-43-20-12-11-19-39(43)41-27-32(30-46)21-25-44(41)49/h2-29H. The van der Waals surface area contributed by atoms with Gasteiger partial charge in [0.05, 0.1) is 40.9 Å².